The number of H-pyrrole nitrogens is 2. The number of fused-ring (bicyclic) bond motifs is 1. The minimum Gasteiger partial charge on any atom is -0.493 e. The van der Waals surface area contributed by atoms with Crippen molar-refractivity contribution in [3.8, 4) is 5.88 Å². The highest BCUT2D eigenvalue weighted by Gasteiger charge is 2.15. The summed E-state index contributed by atoms with van der Waals surface area (Å²) in [5, 5.41) is 18.9. The summed E-state index contributed by atoms with van der Waals surface area (Å²) in [6.07, 6.45) is 7.71. The summed E-state index contributed by atoms with van der Waals surface area (Å²) in [6.45, 7) is 0. The van der Waals surface area contributed by atoms with Gasteiger partial charge in [0.2, 0.25) is 5.88 Å². The van der Waals surface area contributed by atoms with E-state index < -0.39 is 5.69 Å². The number of anilines is 2. The van der Waals surface area contributed by atoms with Crippen molar-refractivity contribution < 1.29 is 5.11 Å². The molecule has 1 saturated carbocycles. The molecule has 158 valence electrons. The van der Waals surface area contributed by atoms with Crippen molar-refractivity contribution in [2.75, 3.05) is 5.32 Å². The molecule has 3 heterocycles. The van der Waals surface area contributed by atoms with Crippen LogP contribution in [0.5, 0.6) is 5.88 Å². The van der Waals surface area contributed by atoms with E-state index in [4.69, 9.17) is 21.6 Å². The Morgan fingerprint density at radius 2 is 2.10 bits per heavy atom. The topological polar surface area (TPSA) is 123 Å². The van der Waals surface area contributed by atoms with Gasteiger partial charge in [-0.3, -0.25) is 9.98 Å². The first-order valence-corrected chi connectivity index (χ1v) is 10.4. The minimum absolute atomic E-state index is 0.242. The molecule has 1 aliphatic carbocycles. The number of benzene rings is 1. The van der Waals surface area contributed by atoms with Crippen molar-refractivity contribution in [3.05, 3.63) is 68.4 Å². The lowest BCUT2D eigenvalue weighted by Gasteiger charge is -2.08. The fraction of sp³-hybridized carbons (Fsp3) is 0.238. The first kappa shape index (κ1) is 19.4. The van der Waals surface area contributed by atoms with Gasteiger partial charge in [-0.2, -0.15) is 9.61 Å². The molecule has 0 radical (unpaired) electrons. The van der Waals surface area contributed by atoms with Crippen LogP contribution in [0.4, 0.5) is 11.5 Å². The third-order valence-corrected chi connectivity index (χ3v) is 5.49. The van der Waals surface area contributed by atoms with Gasteiger partial charge in [0.15, 0.2) is 11.1 Å². The van der Waals surface area contributed by atoms with Gasteiger partial charge in [0.25, 0.3) is 0 Å². The lowest BCUT2D eigenvalue weighted by atomic mass is 10.3. The molecule has 4 N–H and O–H groups in total. The Labute approximate surface area is 181 Å². The molecule has 0 atom stereocenters. The summed E-state index contributed by atoms with van der Waals surface area (Å²) >= 11 is 6.11. The number of rotatable bonds is 4. The molecule has 31 heavy (non-hydrogen) atoms. The Kier molecular flexibility index (Phi) is 4.95. The zero-order chi connectivity index (χ0) is 21.4. The molecule has 1 fully saturated rings. The third kappa shape index (κ3) is 4.04. The van der Waals surface area contributed by atoms with Crippen LogP contribution < -0.4 is 21.7 Å². The highest BCUT2D eigenvalue weighted by Crippen LogP contribution is 2.21. The van der Waals surface area contributed by atoms with E-state index in [1.807, 2.05) is 24.3 Å². The van der Waals surface area contributed by atoms with Crippen molar-refractivity contribution in [2.24, 2.45) is 4.99 Å². The van der Waals surface area contributed by atoms with Gasteiger partial charge >= 0.3 is 5.69 Å². The largest absolute Gasteiger partial charge is 0.493 e. The first-order chi connectivity index (χ1) is 15.0. The van der Waals surface area contributed by atoms with E-state index in [0.717, 1.165) is 18.5 Å². The van der Waals surface area contributed by atoms with E-state index in [1.54, 1.807) is 22.9 Å². The van der Waals surface area contributed by atoms with Crippen LogP contribution in [0, 0.1) is 0 Å². The normalized spacial score (nSPS) is 15.9. The smallest absolute Gasteiger partial charge is 0.326 e. The fourth-order valence-electron chi connectivity index (χ4n) is 3.80. The van der Waals surface area contributed by atoms with Crippen molar-refractivity contribution in [3.63, 3.8) is 0 Å². The molecule has 0 amide bonds. The number of aromatic amines is 2. The van der Waals surface area contributed by atoms with E-state index in [0.29, 0.717) is 27.2 Å². The number of nitrogens with zero attached hydrogens (tertiary/aromatic N) is 4. The Morgan fingerprint density at radius 1 is 1.26 bits per heavy atom. The molecule has 10 heteroatoms. The van der Waals surface area contributed by atoms with Gasteiger partial charge in [0, 0.05) is 22.0 Å². The van der Waals surface area contributed by atoms with Crippen LogP contribution in [-0.2, 0) is 0 Å². The van der Waals surface area contributed by atoms with Gasteiger partial charge in [0.05, 0.1) is 12.2 Å². The number of imidazole rings is 1. The lowest BCUT2D eigenvalue weighted by Crippen LogP contribution is -2.21. The number of aromatic hydroxyl groups is 1. The van der Waals surface area contributed by atoms with E-state index in [1.165, 1.54) is 12.8 Å². The van der Waals surface area contributed by atoms with Crippen molar-refractivity contribution in [1.82, 2.24) is 24.6 Å². The van der Waals surface area contributed by atoms with Gasteiger partial charge in [-0.1, -0.05) is 30.5 Å². The second-order valence-corrected chi connectivity index (χ2v) is 7.96. The molecule has 0 bridgehead atoms. The quantitative estimate of drug-likeness (QED) is 0.390. The molecule has 0 spiro atoms. The van der Waals surface area contributed by atoms with Crippen LogP contribution in [0.25, 0.3) is 11.7 Å². The van der Waals surface area contributed by atoms with Crippen LogP contribution in [-0.4, -0.2) is 35.7 Å². The average molecular weight is 438 g/mol. The van der Waals surface area contributed by atoms with Crippen LogP contribution >= 0.6 is 11.6 Å². The fourth-order valence-corrected chi connectivity index (χ4v) is 3.99. The van der Waals surface area contributed by atoms with Crippen LogP contribution in [0.15, 0.2) is 46.3 Å². The second kappa shape index (κ2) is 7.92. The summed E-state index contributed by atoms with van der Waals surface area (Å²) in [7, 11) is 0. The van der Waals surface area contributed by atoms with Gasteiger partial charge in [-0.05, 0) is 37.1 Å². The first-order valence-electron chi connectivity index (χ1n) is 10.0. The number of halogens is 1. The summed E-state index contributed by atoms with van der Waals surface area (Å²) in [5.74, 6) is 0.349. The van der Waals surface area contributed by atoms with Crippen LogP contribution in [0.1, 0.15) is 31.4 Å². The van der Waals surface area contributed by atoms with Crippen molar-refractivity contribution in [2.45, 2.75) is 31.7 Å². The maximum atomic E-state index is 11.5. The molecular formula is C21H20ClN7O2. The van der Waals surface area contributed by atoms with E-state index >= 15 is 0 Å². The van der Waals surface area contributed by atoms with E-state index in [9.17, 15) is 9.90 Å². The molecule has 1 aromatic carbocycles. The minimum atomic E-state index is -0.492. The predicted octanol–water partition coefficient (Wildman–Crippen LogP) is 2.24. The van der Waals surface area contributed by atoms with Gasteiger partial charge in [-0.15, -0.1) is 0 Å². The predicted molar refractivity (Wildman–Crippen MR) is 117 cm³/mol. The monoisotopic (exact) mass is 437 g/mol. The molecule has 0 saturated heterocycles. The van der Waals surface area contributed by atoms with E-state index in [2.05, 4.69) is 20.4 Å². The number of hydrogen-bond acceptors (Lipinski definition) is 6. The maximum Gasteiger partial charge on any atom is 0.326 e. The SMILES string of the molecule is O=c1[nH]c(O)c(/C=c2\cnn3c(=NC4CCCC4)cc(Nc4cccc(Cl)c4)nc23)[nH]1. The Bertz CT molecular complexity index is 1430. The zero-order valence-corrected chi connectivity index (χ0v) is 17.2. The molecule has 0 unspecified atom stereocenters. The number of hydrogen-bond donors (Lipinski definition) is 4. The Balaban J connectivity index is 1.68. The lowest BCUT2D eigenvalue weighted by molar-refractivity contribution is 0.454. The molecule has 4 aromatic rings. The van der Waals surface area contributed by atoms with Crippen LogP contribution in [0.2, 0.25) is 5.02 Å². The molecule has 1 aliphatic rings. The highest BCUT2D eigenvalue weighted by molar-refractivity contribution is 6.30. The Morgan fingerprint density at radius 3 is 2.84 bits per heavy atom. The van der Waals surface area contributed by atoms with Gasteiger partial charge < -0.3 is 15.4 Å². The molecular weight excluding hydrogens is 418 g/mol. The molecule has 0 aliphatic heterocycles. The molecule has 9 nitrogen and oxygen atoms in total. The van der Waals surface area contributed by atoms with Gasteiger partial charge in [-0.25, -0.2) is 9.78 Å². The standard InChI is InChI=1S/C21H20ClN7O2/c22-13-4-3-7-15(9-13)24-17-10-18(25-14-5-1-2-6-14)29-19(27-17)12(11-23-29)8-16-20(30)28-21(31)26-16/h3-4,7-11,14,24,30H,1-2,5-6H2,(H2,26,28,31)/b12-8+,25-18?. The Hall–Kier alpha value is -3.59. The third-order valence-electron chi connectivity index (χ3n) is 5.25. The van der Waals surface area contributed by atoms with E-state index in [-0.39, 0.29) is 17.6 Å². The van der Waals surface area contributed by atoms with Crippen molar-refractivity contribution >= 4 is 34.8 Å². The van der Waals surface area contributed by atoms with Gasteiger partial charge in [0.1, 0.15) is 11.5 Å². The molecule has 5 rings (SSSR count). The summed E-state index contributed by atoms with van der Waals surface area (Å²) < 4.78 is 1.68. The average Bonchev–Trinajstić information content (AvgIpc) is 3.44. The van der Waals surface area contributed by atoms with Crippen molar-refractivity contribution in [1.29, 1.82) is 0 Å². The summed E-state index contributed by atoms with van der Waals surface area (Å²) in [4.78, 5) is 25.9. The number of nitrogens with one attached hydrogen (secondary N) is 3. The van der Waals surface area contributed by atoms with Crippen LogP contribution in [0.3, 0.4) is 0 Å². The number of aromatic nitrogens is 5. The second-order valence-electron chi connectivity index (χ2n) is 7.52. The molecule has 3 aromatic heterocycles. The highest BCUT2D eigenvalue weighted by atomic mass is 35.5. The summed E-state index contributed by atoms with van der Waals surface area (Å²) in [5.41, 5.74) is 1.80. The zero-order valence-electron chi connectivity index (χ0n) is 16.5. The summed E-state index contributed by atoms with van der Waals surface area (Å²) in [6, 6.07) is 9.49. The maximum absolute atomic E-state index is 11.5.